The molecule has 0 spiro atoms. The van der Waals surface area contributed by atoms with Crippen molar-refractivity contribution >= 4 is 17.6 Å². The summed E-state index contributed by atoms with van der Waals surface area (Å²) in [7, 11) is 0. The number of hydrogen-bond acceptors (Lipinski definition) is 6. The minimum Gasteiger partial charge on any atom is -0.378 e. The largest absolute Gasteiger partial charge is 0.378 e. The maximum absolute atomic E-state index is 5.66. The minimum absolute atomic E-state index is 0.285. The standard InChI is InChI=1S/C12H21N5O/c1-2-14-10-8-11(17-12(13)16-10)15-6-5-9-4-3-7-18-9/h8-9H,2-7H2,1H3,(H4,13,14,15,16,17). The van der Waals surface area contributed by atoms with Crippen molar-refractivity contribution in [2.24, 2.45) is 0 Å². The fourth-order valence-corrected chi connectivity index (χ4v) is 2.06. The number of aromatic nitrogens is 2. The molecule has 6 nitrogen and oxygen atoms in total. The summed E-state index contributed by atoms with van der Waals surface area (Å²) in [4.78, 5) is 8.25. The van der Waals surface area contributed by atoms with Gasteiger partial charge in [-0.3, -0.25) is 0 Å². The molecule has 0 bridgehead atoms. The number of nitrogens with one attached hydrogen (secondary N) is 2. The van der Waals surface area contributed by atoms with Crippen LogP contribution in [0.3, 0.4) is 0 Å². The first-order valence-electron chi connectivity index (χ1n) is 6.52. The predicted octanol–water partition coefficient (Wildman–Crippen LogP) is 1.47. The van der Waals surface area contributed by atoms with Gasteiger partial charge in [0.2, 0.25) is 5.95 Å². The Labute approximate surface area is 107 Å². The average molecular weight is 251 g/mol. The second-order valence-electron chi connectivity index (χ2n) is 4.38. The van der Waals surface area contributed by atoms with Crippen molar-refractivity contribution in [3.05, 3.63) is 6.07 Å². The molecule has 1 aliphatic heterocycles. The maximum atomic E-state index is 5.66. The Hall–Kier alpha value is -1.56. The van der Waals surface area contributed by atoms with E-state index in [9.17, 15) is 0 Å². The number of rotatable bonds is 6. The molecule has 0 aromatic carbocycles. The van der Waals surface area contributed by atoms with E-state index < -0.39 is 0 Å². The first-order valence-corrected chi connectivity index (χ1v) is 6.52. The van der Waals surface area contributed by atoms with E-state index in [2.05, 4.69) is 20.6 Å². The predicted molar refractivity (Wildman–Crippen MR) is 72.7 cm³/mol. The van der Waals surface area contributed by atoms with Crippen LogP contribution in [0, 0.1) is 0 Å². The monoisotopic (exact) mass is 251 g/mol. The molecule has 1 aliphatic rings. The summed E-state index contributed by atoms with van der Waals surface area (Å²) in [6.07, 6.45) is 3.73. The summed E-state index contributed by atoms with van der Waals surface area (Å²) in [6, 6.07) is 1.87. The Balaban J connectivity index is 1.83. The van der Waals surface area contributed by atoms with Gasteiger partial charge in [0.05, 0.1) is 6.10 Å². The van der Waals surface area contributed by atoms with E-state index >= 15 is 0 Å². The molecule has 1 atom stereocenters. The van der Waals surface area contributed by atoms with Gasteiger partial charge in [0.1, 0.15) is 11.6 Å². The van der Waals surface area contributed by atoms with Crippen molar-refractivity contribution in [1.82, 2.24) is 9.97 Å². The summed E-state index contributed by atoms with van der Waals surface area (Å²) in [5.41, 5.74) is 5.66. The van der Waals surface area contributed by atoms with Crippen molar-refractivity contribution in [1.29, 1.82) is 0 Å². The van der Waals surface area contributed by atoms with Crippen LogP contribution in [0.25, 0.3) is 0 Å². The number of nitrogens with two attached hydrogens (primary N) is 1. The second kappa shape index (κ2) is 6.39. The summed E-state index contributed by atoms with van der Waals surface area (Å²) in [5, 5.41) is 6.38. The molecule has 1 aromatic heterocycles. The Morgan fingerprint density at radius 2 is 2.17 bits per heavy atom. The summed E-state index contributed by atoms with van der Waals surface area (Å²) in [5.74, 6) is 1.80. The van der Waals surface area contributed by atoms with Crippen LogP contribution in [-0.4, -0.2) is 35.8 Å². The van der Waals surface area contributed by atoms with E-state index in [0.29, 0.717) is 6.10 Å². The molecule has 0 radical (unpaired) electrons. The van der Waals surface area contributed by atoms with Gasteiger partial charge >= 0.3 is 0 Å². The van der Waals surface area contributed by atoms with Crippen LogP contribution in [0.2, 0.25) is 0 Å². The Morgan fingerprint density at radius 3 is 2.83 bits per heavy atom. The molecule has 0 amide bonds. The first kappa shape index (κ1) is 12.9. The number of anilines is 3. The molecule has 1 aromatic rings. The van der Waals surface area contributed by atoms with E-state index in [4.69, 9.17) is 10.5 Å². The van der Waals surface area contributed by atoms with E-state index in [0.717, 1.165) is 44.2 Å². The van der Waals surface area contributed by atoms with Crippen LogP contribution in [0.5, 0.6) is 0 Å². The zero-order chi connectivity index (χ0) is 12.8. The van der Waals surface area contributed by atoms with Gasteiger partial charge in [0, 0.05) is 25.8 Å². The highest BCUT2D eigenvalue weighted by atomic mass is 16.5. The highest BCUT2D eigenvalue weighted by Gasteiger charge is 2.14. The SMILES string of the molecule is CCNc1cc(NCCC2CCCO2)nc(N)n1. The van der Waals surface area contributed by atoms with E-state index in [1.54, 1.807) is 0 Å². The molecule has 1 fully saturated rings. The fraction of sp³-hybridized carbons (Fsp3) is 0.667. The molecular formula is C12H21N5O. The Kier molecular flexibility index (Phi) is 4.58. The van der Waals surface area contributed by atoms with Gasteiger partial charge in [-0.25, -0.2) is 0 Å². The topological polar surface area (TPSA) is 85.1 Å². The zero-order valence-electron chi connectivity index (χ0n) is 10.8. The lowest BCUT2D eigenvalue weighted by molar-refractivity contribution is 0.107. The van der Waals surface area contributed by atoms with E-state index in [-0.39, 0.29) is 5.95 Å². The molecular weight excluding hydrogens is 230 g/mol. The Morgan fingerprint density at radius 1 is 1.39 bits per heavy atom. The molecule has 4 N–H and O–H groups in total. The molecule has 100 valence electrons. The van der Waals surface area contributed by atoms with E-state index in [1.807, 2.05) is 13.0 Å². The average Bonchev–Trinajstić information content (AvgIpc) is 2.82. The highest BCUT2D eigenvalue weighted by Crippen LogP contribution is 2.16. The lowest BCUT2D eigenvalue weighted by Crippen LogP contribution is -2.14. The second-order valence-corrected chi connectivity index (χ2v) is 4.38. The molecule has 18 heavy (non-hydrogen) atoms. The lowest BCUT2D eigenvalue weighted by atomic mass is 10.2. The van der Waals surface area contributed by atoms with Gasteiger partial charge in [0.25, 0.3) is 0 Å². The Bertz CT molecular complexity index is 379. The molecule has 0 saturated carbocycles. The van der Waals surface area contributed by atoms with Gasteiger partial charge in [-0.2, -0.15) is 9.97 Å². The van der Waals surface area contributed by atoms with Crippen LogP contribution >= 0.6 is 0 Å². The normalized spacial score (nSPS) is 18.8. The molecule has 1 unspecified atom stereocenters. The van der Waals surface area contributed by atoms with Crippen molar-refractivity contribution in [2.45, 2.75) is 32.3 Å². The number of nitrogen functional groups attached to an aromatic ring is 1. The highest BCUT2D eigenvalue weighted by molar-refractivity contribution is 5.50. The lowest BCUT2D eigenvalue weighted by Gasteiger charge is -2.11. The smallest absolute Gasteiger partial charge is 0.223 e. The summed E-state index contributed by atoms with van der Waals surface area (Å²) in [6.45, 7) is 4.57. The van der Waals surface area contributed by atoms with Crippen molar-refractivity contribution in [3.8, 4) is 0 Å². The third-order valence-electron chi connectivity index (χ3n) is 2.90. The third-order valence-corrected chi connectivity index (χ3v) is 2.90. The van der Waals surface area contributed by atoms with E-state index in [1.165, 1.54) is 6.42 Å². The maximum Gasteiger partial charge on any atom is 0.223 e. The van der Waals surface area contributed by atoms with Crippen molar-refractivity contribution in [3.63, 3.8) is 0 Å². The van der Waals surface area contributed by atoms with Gasteiger partial charge in [-0.15, -0.1) is 0 Å². The van der Waals surface area contributed by atoms with Crippen LogP contribution in [-0.2, 0) is 4.74 Å². The molecule has 2 rings (SSSR count). The minimum atomic E-state index is 0.285. The van der Waals surface area contributed by atoms with Crippen molar-refractivity contribution in [2.75, 3.05) is 36.1 Å². The quantitative estimate of drug-likeness (QED) is 0.710. The van der Waals surface area contributed by atoms with Crippen LogP contribution in [0.4, 0.5) is 17.6 Å². The van der Waals surface area contributed by atoms with Crippen LogP contribution in [0.15, 0.2) is 6.07 Å². The van der Waals surface area contributed by atoms with Crippen LogP contribution < -0.4 is 16.4 Å². The summed E-state index contributed by atoms with van der Waals surface area (Å²) < 4.78 is 5.57. The van der Waals surface area contributed by atoms with Gasteiger partial charge in [-0.1, -0.05) is 0 Å². The number of ether oxygens (including phenoxy) is 1. The third kappa shape index (κ3) is 3.73. The number of hydrogen-bond donors (Lipinski definition) is 3. The number of nitrogens with zero attached hydrogens (tertiary/aromatic N) is 2. The molecule has 0 aliphatic carbocycles. The zero-order valence-corrected chi connectivity index (χ0v) is 10.8. The summed E-state index contributed by atoms with van der Waals surface area (Å²) >= 11 is 0. The van der Waals surface area contributed by atoms with Crippen LogP contribution in [0.1, 0.15) is 26.2 Å². The van der Waals surface area contributed by atoms with Gasteiger partial charge in [-0.05, 0) is 26.2 Å². The molecule has 6 heteroatoms. The molecule has 1 saturated heterocycles. The fourth-order valence-electron chi connectivity index (χ4n) is 2.06. The van der Waals surface area contributed by atoms with Gasteiger partial charge in [0.15, 0.2) is 0 Å². The van der Waals surface area contributed by atoms with Crippen molar-refractivity contribution < 1.29 is 4.74 Å². The van der Waals surface area contributed by atoms with Gasteiger partial charge < -0.3 is 21.1 Å². The molecule has 2 heterocycles. The first-order chi connectivity index (χ1) is 8.78.